The molecule has 0 spiro atoms. The maximum absolute atomic E-state index is 13.7. The second kappa shape index (κ2) is 7.49. The quantitative estimate of drug-likeness (QED) is 0.767. The van der Waals surface area contributed by atoms with Gasteiger partial charge in [0.1, 0.15) is 10.7 Å². The summed E-state index contributed by atoms with van der Waals surface area (Å²) in [6, 6.07) is -0.0436. The fourth-order valence-corrected chi connectivity index (χ4v) is 6.57. The van der Waals surface area contributed by atoms with Crippen LogP contribution in [0.5, 0.6) is 0 Å². The number of fused-ring (bicyclic) bond motifs is 6. The van der Waals surface area contributed by atoms with E-state index in [1.807, 2.05) is 11.6 Å². The largest absolute Gasteiger partial charge is 0.383 e. The van der Waals surface area contributed by atoms with Crippen molar-refractivity contribution in [2.24, 2.45) is 5.92 Å². The van der Waals surface area contributed by atoms with Crippen molar-refractivity contribution in [1.82, 2.24) is 19.4 Å². The van der Waals surface area contributed by atoms with E-state index in [0.717, 1.165) is 74.4 Å². The van der Waals surface area contributed by atoms with Crippen LogP contribution in [0.3, 0.4) is 0 Å². The van der Waals surface area contributed by atoms with E-state index >= 15 is 0 Å². The topological polar surface area (TPSA) is 67.7 Å². The number of carbonyl (C=O) groups is 1. The lowest BCUT2D eigenvalue weighted by atomic mass is 9.83. The number of amides is 1. The first-order chi connectivity index (χ1) is 14.1. The SMILES string of the molecule is COCCN1CCc2c(sc3nc4n(c(=O)c23)[C@@H]2CCCC[C@@H]2C(=O)N(C)C4)C1. The molecule has 0 N–H and O–H groups in total. The monoisotopic (exact) mass is 416 g/mol. The van der Waals surface area contributed by atoms with Crippen LogP contribution in [-0.4, -0.2) is 59.1 Å². The van der Waals surface area contributed by atoms with Gasteiger partial charge in [-0.15, -0.1) is 11.3 Å². The highest BCUT2D eigenvalue weighted by Gasteiger charge is 2.39. The summed E-state index contributed by atoms with van der Waals surface area (Å²) in [7, 11) is 3.57. The normalized spacial score (nSPS) is 24.9. The van der Waals surface area contributed by atoms with Gasteiger partial charge in [-0.25, -0.2) is 4.98 Å². The lowest BCUT2D eigenvalue weighted by Crippen LogP contribution is -2.37. The summed E-state index contributed by atoms with van der Waals surface area (Å²) in [5.74, 6) is 0.826. The molecule has 0 aromatic carbocycles. The first-order valence-corrected chi connectivity index (χ1v) is 11.4. The van der Waals surface area contributed by atoms with Crippen LogP contribution < -0.4 is 5.56 Å². The maximum atomic E-state index is 13.7. The molecule has 29 heavy (non-hydrogen) atoms. The predicted molar refractivity (Wildman–Crippen MR) is 112 cm³/mol. The van der Waals surface area contributed by atoms with Gasteiger partial charge in [0.25, 0.3) is 5.56 Å². The Hall–Kier alpha value is -1.77. The number of nitrogens with zero attached hydrogens (tertiary/aromatic N) is 4. The van der Waals surface area contributed by atoms with Crippen molar-refractivity contribution in [3.8, 4) is 0 Å². The first-order valence-electron chi connectivity index (χ1n) is 10.6. The van der Waals surface area contributed by atoms with Crippen LogP contribution in [0.25, 0.3) is 10.2 Å². The van der Waals surface area contributed by atoms with Gasteiger partial charge in [0.05, 0.1) is 30.5 Å². The molecule has 8 heteroatoms. The molecule has 0 radical (unpaired) electrons. The van der Waals surface area contributed by atoms with E-state index in [1.54, 1.807) is 23.3 Å². The molecule has 2 aliphatic heterocycles. The summed E-state index contributed by atoms with van der Waals surface area (Å²) in [5, 5.41) is 0.807. The zero-order valence-corrected chi connectivity index (χ0v) is 18.0. The van der Waals surface area contributed by atoms with E-state index in [0.29, 0.717) is 6.54 Å². The van der Waals surface area contributed by atoms with Crippen LogP contribution in [0.4, 0.5) is 0 Å². The lowest BCUT2D eigenvalue weighted by molar-refractivity contribution is -0.136. The second-order valence-electron chi connectivity index (χ2n) is 8.56. The van der Waals surface area contributed by atoms with Crippen molar-refractivity contribution < 1.29 is 9.53 Å². The van der Waals surface area contributed by atoms with Crippen LogP contribution in [0.1, 0.15) is 48.0 Å². The van der Waals surface area contributed by atoms with Crippen LogP contribution in [0, 0.1) is 5.92 Å². The van der Waals surface area contributed by atoms with Gasteiger partial charge in [-0.05, 0) is 24.8 Å². The fraction of sp³-hybridized carbons (Fsp3) is 0.667. The van der Waals surface area contributed by atoms with Gasteiger partial charge in [0.15, 0.2) is 0 Å². The second-order valence-corrected chi connectivity index (χ2v) is 9.64. The molecule has 1 fully saturated rings. The van der Waals surface area contributed by atoms with Gasteiger partial charge in [0, 0.05) is 38.7 Å². The number of carbonyl (C=O) groups excluding carboxylic acids is 1. The molecule has 156 valence electrons. The van der Waals surface area contributed by atoms with Crippen molar-refractivity contribution in [1.29, 1.82) is 0 Å². The molecule has 7 nitrogen and oxygen atoms in total. The van der Waals surface area contributed by atoms with Crippen LogP contribution >= 0.6 is 11.3 Å². The summed E-state index contributed by atoms with van der Waals surface area (Å²) >= 11 is 1.65. The minimum Gasteiger partial charge on any atom is -0.383 e. The average Bonchev–Trinajstić information content (AvgIpc) is 3.04. The molecule has 2 atom stereocenters. The molecule has 5 rings (SSSR count). The third-order valence-corrected chi connectivity index (χ3v) is 7.91. The van der Waals surface area contributed by atoms with Crippen molar-refractivity contribution in [2.75, 3.05) is 33.9 Å². The van der Waals surface area contributed by atoms with E-state index in [1.165, 1.54) is 10.4 Å². The van der Waals surface area contributed by atoms with Crippen molar-refractivity contribution in [3.63, 3.8) is 0 Å². The highest BCUT2D eigenvalue weighted by molar-refractivity contribution is 7.18. The Morgan fingerprint density at radius 3 is 2.86 bits per heavy atom. The third-order valence-electron chi connectivity index (χ3n) is 6.80. The first kappa shape index (κ1) is 19.2. The number of hydrogen-bond acceptors (Lipinski definition) is 6. The number of rotatable bonds is 3. The van der Waals surface area contributed by atoms with Gasteiger partial charge in [-0.1, -0.05) is 12.8 Å². The Morgan fingerprint density at radius 2 is 2.03 bits per heavy atom. The van der Waals surface area contributed by atoms with E-state index < -0.39 is 0 Å². The fourth-order valence-electron chi connectivity index (χ4n) is 5.30. The highest BCUT2D eigenvalue weighted by Crippen LogP contribution is 2.39. The zero-order valence-electron chi connectivity index (χ0n) is 17.1. The number of aromatic nitrogens is 2. The van der Waals surface area contributed by atoms with E-state index in [4.69, 9.17) is 9.72 Å². The molecule has 3 aliphatic rings. The molecule has 1 aliphatic carbocycles. The molecule has 1 amide bonds. The van der Waals surface area contributed by atoms with Crippen molar-refractivity contribution >= 4 is 27.5 Å². The van der Waals surface area contributed by atoms with Gasteiger partial charge in [-0.2, -0.15) is 0 Å². The van der Waals surface area contributed by atoms with Gasteiger partial charge >= 0.3 is 0 Å². The Morgan fingerprint density at radius 1 is 1.21 bits per heavy atom. The molecule has 4 heterocycles. The smallest absolute Gasteiger partial charge is 0.262 e. The maximum Gasteiger partial charge on any atom is 0.262 e. The number of thiophene rings is 1. The summed E-state index contributed by atoms with van der Waals surface area (Å²) in [6.45, 7) is 3.85. The molecule has 0 bridgehead atoms. The van der Waals surface area contributed by atoms with Crippen LogP contribution in [0.15, 0.2) is 4.79 Å². The predicted octanol–water partition coefficient (Wildman–Crippen LogP) is 2.17. The molecule has 0 unspecified atom stereocenters. The van der Waals surface area contributed by atoms with E-state index in [9.17, 15) is 9.59 Å². The Bertz CT molecular complexity index is 1010. The van der Waals surface area contributed by atoms with E-state index in [-0.39, 0.29) is 23.4 Å². The minimum atomic E-state index is -0.0917. The van der Waals surface area contributed by atoms with Crippen LogP contribution in [-0.2, 0) is 29.0 Å². The molecular formula is C21H28N4O3S. The Balaban J connectivity index is 1.62. The van der Waals surface area contributed by atoms with Crippen molar-refractivity contribution in [2.45, 2.75) is 51.2 Å². The average molecular weight is 417 g/mol. The third kappa shape index (κ3) is 3.12. The molecule has 2 aromatic heterocycles. The Kier molecular flexibility index (Phi) is 4.96. The highest BCUT2D eigenvalue weighted by atomic mass is 32.1. The molecule has 0 saturated heterocycles. The number of ether oxygens (including phenoxy) is 1. The minimum absolute atomic E-state index is 0.0436. The summed E-state index contributed by atoms with van der Waals surface area (Å²) in [6.07, 6.45) is 4.77. The van der Waals surface area contributed by atoms with Crippen LogP contribution in [0.2, 0.25) is 0 Å². The summed E-state index contributed by atoms with van der Waals surface area (Å²) in [5.41, 5.74) is 1.26. The Labute approximate surface area is 174 Å². The van der Waals surface area contributed by atoms with Gasteiger partial charge < -0.3 is 9.64 Å². The van der Waals surface area contributed by atoms with Crippen molar-refractivity contribution in [3.05, 3.63) is 26.6 Å². The van der Waals surface area contributed by atoms with Gasteiger partial charge in [-0.3, -0.25) is 19.1 Å². The number of hydrogen-bond donors (Lipinski definition) is 0. The standard InChI is InChI=1S/C21H28N4O3S/c1-23-12-17-22-19-18(14-7-8-24(9-10-28-2)11-16(14)29-19)21(27)25(17)15-6-4-3-5-13(15)20(23)26/h13,15H,3-12H2,1-2H3/t13-,15+/m0/s1. The van der Waals surface area contributed by atoms with Gasteiger partial charge in [0.2, 0.25) is 5.91 Å². The summed E-state index contributed by atoms with van der Waals surface area (Å²) in [4.78, 5) is 37.9. The zero-order chi connectivity index (χ0) is 20.1. The lowest BCUT2D eigenvalue weighted by Gasteiger charge is -2.31. The van der Waals surface area contributed by atoms with E-state index in [2.05, 4.69) is 4.90 Å². The molecule has 1 saturated carbocycles. The number of methoxy groups -OCH3 is 1. The summed E-state index contributed by atoms with van der Waals surface area (Å²) < 4.78 is 7.12. The molecule has 2 aromatic rings. The molecular weight excluding hydrogens is 388 g/mol.